The zero-order valence-electron chi connectivity index (χ0n) is 19.3. The van der Waals surface area contributed by atoms with Gasteiger partial charge < -0.3 is 19.3 Å². The van der Waals surface area contributed by atoms with Gasteiger partial charge in [0.15, 0.2) is 12.6 Å². The predicted octanol–water partition coefficient (Wildman–Crippen LogP) is 6.79. The van der Waals surface area contributed by atoms with Gasteiger partial charge >= 0.3 is 0 Å². The van der Waals surface area contributed by atoms with Crippen molar-refractivity contribution in [1.82, 2.24) is 0 Å². The molecule has 5 heteroatoms. The molecule has 0 aliphatic heterocycles. The molecule has 2 rings (SSSR count). The fourth-order valence-electron chi connectivity index (χ4n) is 3.40. The highest BCUT2D eigenvalue weighted by Crippen LogP contribution is 2.29. The molecule has 0 aliphatic rings. The summed E-state index contributed by atoms with van der Waals surface area (Å²) >= 11 is 0. The van der Waals surface area contributed by atoms with Crippen molar-refractivity contribution < 1.29 is 24.1 Å². The number of carbonyl (C=O) groups is 1. The number of allylic oxidation sites excluding steroid dienone is 1. The van der Waals surface area contributed by atoms with Crippen LogP contribution in [0.4, 0.5) is 0 Å². The van der Waals surface area contributed by atoms with E-state index in [0.717, 1.165) is 18.4 Å². The van der Waals surface area contributed by atoms with Crippen LogP contribution >= 0.6 is 0 Å². The van der Waals surface area contributed by atoms with Crippen molar-refractivity contribution in [3.63, 3.8) is 0 Å². The first-order valence-electron chi connectivity index (χ1n) is 11.5. The number of ketones is 1. The summed E-state index contributed by atoms with van der Waals surface area (Å²) in [5.41, 5.74) is 0.999. The van der Waals surface area contributed by atoms with Crippen LogP contribution in [-0.4, -0.2) is 31.4 Å². The van der Waals surface area contributed by atoms with Crippen LogP contribution < -0.4 is 9.47 Å². The Morgan fingerprint density at radius 3 is 2.41 bits per heavy atom. The monoisotopic (exact) mass is 440 g/mol. The van der Waals surface area contributed by atoms with E-state index < -0.39 is 0 Å². The van der Waals surface area contributed by atoms with Gasteiger partial charge in [-0.15, -0.1) is 0 Å². The van der Waals surface area contributed by atoms with Gasteiger partial charge in [0.25, 0.3) is 0 Å². The van der Waals surface area contributed by atoms with E-state index in [-0.39, 0.29) is 23.9 Å². The van der Waals surface area contributed by atoms with Crippen molar-refractivity contribution in [1.29, 1.82) is 0 Å². The highest BCUT2D eigenvalue weighted by Gasteiger charge is 2.15. The van der Waals surface area contributed by atoms with Gasteiger partial charge in [0, 0.05) is 7.11 Å². The van der Waals surface area contributed by atoms with Crippen molar-refractivity contribution >= 4 is 11.9 Å². The minimum atomic E-state index is -0.308. The highest BCUT2D eigenvalue weighted by molar-refractivity contribution is 6.10. The molecule has 0 unspecified atom stereocenters. The van der Waals surface area contributed by atoms with Gasteiger partial charge in [-0.2, -0.15) is 0 Å². The van der Waals surface area contributed by atoms with Crippen molar-refractivity contribution in [3.05, 3.63) is 59.7 Å². The summed E-state index contributed by atoms with van der Waals surface area (Å²) in [7, 11) is 1.56. The maximum atomic E-state index is 12.8. The SMILES string of the molecule is CCCCCCCCCCOc1cccc(O)c1C(=O)/C=C/c1cccc(OCOC)c1. The molecule has 0 atom stereocenters. The Hall–Kier alpha value is -2.79. The molecule has 0 heterocycles. The van der Waals surface area contributed by atoms with Crippen molar-refractivity contribution in [3.8, 4) is 17.2 Å². The van der Waals surface area contributed by atoms with Gasteiger partial charge in [0.05, 0.1) is 6.61 Å². The number of aromatic hydroxyl groups is 1. The van der Waals surface area contributed by atoms with Crippen molar-refractivity contribution in [2.45, 2.75) is 58.3 Å². The highest BCUT2D eigenvalue weighted by atomic mass is 16.7. The zero-order valence-corrected chi connectivity index (χ0v) is 19.3. The Kier molecular flexibility index (Phi) is 12.0. The molecule has 0 bridgehead atoms. The lowest BCUT2D eigenvalue weighted by atomic mass is 10.1. The van der Waals surface area contributed by atoms with E-state index >= 15 is 0 Å². The van der Waals surface area contributed by atoms with E-state index in [9.17, 15) is 9.90 Å². The average molecular weight is 441 g/mol. The van der Waals surface area contributed by atoms with Crippen LogP contribution in [0, 0.1) is 0 Å². The Morgan fingerprint density at radius 2 is 1.66 bits per heavy atom. The largest absolute Gasteiger partial charge is 0.507 e. The maximum Gasteiger partial charge on any atom is 0.193 e. The molecule has 0 spiro atoms. The quantitative estimate of drug-likeness (QED) is 0.135. The summed E-state index contributed by atoms with van der Waals surface area (Å²) in [4.78, 5) is 12.8. The smallest absolute Gasteiger partial charge is 0.193 e. The summed E-state index contributed by atoms with van der Waals surface area (Å²) < 4.78 is 16.2. The Labute approximate surface area is 192 Å². The summed E-state index contributed by atoms with van der Waals surface area (Å²) in [6.07, 6.45) is 12.8. The minimum Gasteiger partial charge on any atom is -0.507 e. The van der Waals surface area contributed by atoms with E-state index in [4.69, 9.17) is 14.2 Å². The molecule has 174 valence electrons. The number of ether oxygens (including phenoxy) is 3. The lowest BCUT2D eigenvalue weighted by Gasteiger charge is -2.11. The number of carbonyl (C=O) groups excluding carboxylic acids is 1. The maximum absolute atomic E-state index is 12.8. The number of hydrogen-bond acceptors (Lipinski definition) is 5. The van der Waals surface area contributed by atoms with Gasteiger partial charge in [0.1, 0.15) is 22.8 Å². The van der Waals surface area contributed by atoms with Gasteiger partial charge in [-0.3, -0.25) is 4.79 Å². The Bertz CT molecular complexity index is 844. The van der Waals surface area contributed by atoms with Crippen LogP contribution in [0.3, 0.4) is 0 Å². The number of phenols is 1. The number of rotatable bonds is 16. The lowest BCUT2D eigenvalue weighted by Crippen LogP contribution is -2.04. The first kappa shape index (κ1) is 25.5. The fraction of sp³-hybridized carbons (Fsp3) is 0.444. The second-order valence-corrected chi connectivity index (χ2v) is 7.79. The molecule has 32 heavy (non-hydrogen) atoms. The van der Waals surface area contributed by atoms with Crippen molar-refractivity contribution in [2.24, 2.45) is 0 Å². The summed E-state index contributed by atoms with van der Waals surface area (Å²) in [6.45, 7) is 2.91. The van der Waals surface area contributed by atoms with E-state index in [1.807, 2.05) is 24.3 Å². The molecule has 0 saturated carbocycles. The summed E-state index contributed by atoms with van der Waals surface area (Å²) in [5.74, 6) is 0.681. The Balaban J connectivity index is 1.90. The van der Waals surface area contributed by atoms with Crippen LogP contribution in [0.15, 0.2) is 48.5 Å². The molecule has 1 N–H and O–H groups in total. The first-order valence-corrected chi connectivity index (χ1v) is 11.5. The second kappa shape index (κ2) is 15.1. The third kappa shape index (κ3) is 9.15. The van der Waals surface area contributed by atoms with Gasteiger partial charge in [-0.05, 0) is 42.3 Å². The topological polar surface area (TPSA) is 65.0 Å². The molecule has 0 radical (unpaired) electrons. The molecule has 2 aromatic rings. The fourth-order valence-corrected chi connectivity index (χ4v) is 3.40. The molecule has 5 nitrogen and oxygen atoms in total. The molecular formula is C27H36O5. The summed E-state index contributed by atoms with van der Waals surface area (Å²) in [5, 5.41) is 10.3. The van der Waals surface area contributed by atoms with Gasteiger partial charge in [0.2, 0.25) is 0 Å². The molecular weight excluding hydrogens is 404 g/mol. The van der Waals surface area contributed by atoms with Crippen LogP contribution in [0.5, 0.6) is 17.2 Å². The normalized spacial score (nSPS) is 11.1. The average Bonchev–Trinajstić information content (AvgIpc) is 2.80. The molecule has 0 fully saturated rings. The minimum absolute atomic E-state index is 0.0785. The molecule has 0 saturated heterocycles. The van der Waals surface area contributed by atoms with Crippen LogP contribution in [0.2, 0.25) is 0 Å². The number of methoxy groups -OCH3 is 1. The van der Waals surface area contributed by atoms with Crippen LogP contribution in [0.25, 0.3) is 6.08 Å². The molecule has 0 amide bonds. The van der Waals surface area contributed by atoms with E-state index in [2.05, 4.69) is 6.92 Å². The third-order valence-electron chi connectivity index (χ3n) is 5.13. The predicted molar refractivity (Wildman–Crippen MR) is 129 cm³/mol. The number of benzene rings is 2. The molecule has 0 aliphatic carbocycles. The number of unbranched alkanes of at least 4 members (excludes halogenated alkanes) is 7. The second-order valence-electron chi connectivity index (χ2n) is 7.79. The zero-order chi connectivity index (χ0) is 23.0. The lowest BCUT2D eigenvalue weighted by molar-refractivity contribution is 0.0511. The summed E-state index contributed by atoms with van der Waals surface area (Å²) in [6, 6.07) is 12.3. The van der Waals surface area contributed by atoms with Crippen LogP contribution in [0.1, 0.15) is 74.2 Å². The first-order chi connectivity index (χ1) is 15.7. The van der Waals surface area contributed by atoms with E-state index in [1.165, 1.54) is 50.7 Å². The van der Waals surface area contributed by atoms with E-state index in [1.54, 1.807) is 25.3 Å². The van der Waals surface area contributed by atoms with Gasteiger partial charge in [-0.25, -0.2) is 0 Å². The third-order valence-corrected chi connectivity index (χ3v) is 5.13. The van der Waals surface area contributed by atoms with Gasteiger partial charge in [-0.1, -0.05) is 76.1 Å². The van der Waals surface area contributed by atoms with E-state index in [0.29, 0.717) is 18.1 Å². The Morgan fingerprint density at radius 1 is 0.938 bits per heavy atom. The van der Waals surface area contributed by atoms with Crippen molar-refractivity contribution in [2.75, 3.05) is 20.5 Å². The molecule has 2 aromatic carbocycles. The number of hydrogen-bond donors (Lipinski definition) is 1. The molecule has 0 aromatic heterocycles. The number of phenolic OH excluding ortho intramolecular Hbond substituents is 1. The van der Waals surface area contributed by atoms with Crippen LogP contribution in [-0.2, 0) is 4.74 Å². The standard InChI is InChI=1S/C27H36O5/c1-3-4-5-6-7-8-9-10-19-31-26-16-12-15-24(28)27(26)25(29)18-17-22-13-11-14-23(20-22)32-21-30-2/h11-18,20,28H,3-10,19,21H2,1-2H3/b18-17+.